The summed E-state index contributed by atoms with van der Waals surface area (Å²) in [5, 5.41) is 3.49. The molecule has 4 saturated carbocycles. The summed E-state index contributed by atoms with van der Waals surface area (Å²) >= 11 is 0. The van der Waals surface area contributed by atoms with Gasteiger partial charge in [-0.25, -0.2) is 0 Å². The highest BCUT2D eigenvalue weighted by Gasteiger charge is 2.49. The molecule has 5 fully saturated rings. The van der Waals surface area contributed by atoms with Crippen LogP contribution in [-0.2, 0) is 0 Å². The van der Waals surface area contributed by atoms with Crippen LogP contribution >= 0.6 is 0 Å². The fourth-order valence-corrected chi connectivity index (χ4v) is 5.50. The molecule has 1 N–H and O–H groups in total. The lowest BCUT2D eigenvalue weighted by molar-refractivity contribution is -0.0241. The maximum Gasteiger partial charge on any atom is 0.0165 e. The largest absolute Gasteiger partial charge is 0.313 e. The molecule has 1 nitrogen and oxygen atoms in total. The van der Waals surface area contributed by atoms with Crippen LogP contribution in [0.25, 0.3) is 0 Å². The molecule has 5 rings (SSSR count). The van der Waals surface area contributed by atoms with Crippen molar-refractivity contribution in [2.45, 2.75) is 44.9 Å². The molecular formula is C15H23N. The molecule has 4 aliphatic carbocycles. The van der Waals surface area contributed by atoms with Gasteiger partial charge in [-0.05, 0) is 74.7 Å². The van der Waals surface area contributed by atoms with E-state index in [0.29, 0.717) is 5.41 Å². The highest BCUT2D eigenvalue weighted by molar-refractivity contribution is 5.18. The predicted molar refractivity (Wildman–Crippen MR) is 66.2 cm³/mol. The highest BCUT2D eigenvalue weighted by atomic mass is 14.9. The summed E-state index contributed by atoms with van der Waals surface area (Å²) in [7, 11) is 0. The Bertz CT molecular complexity index is 285. The number of allylic oxidation sites excluding steroid dienone is 1. The third-order valence-corrected chi connectivity index (χ3v) is 5.57. The lowest BCUT2D eigenvalue weighted by atomic mass is 9.49. The SMILES string of the molecule is C(=C1/CCNC1)/C12CC3CC(CC(C3)C1)C2. The zero-order valence-corrected chi connectivity index (χ0v) is 10.2. The van der Waals surface area contributed by atoms with Crippen molar-refractivity contribution >= 4 is 0 Å². The van der Waals surface area contributed by atoms with Crippen molar-refractivity contribution in [3.63, 3.8) is 0 Å². The Morgan fingerprint density at radius 3 is 2.12 bits per heavy atom. The van der Waals surface area contributed by atoms with Crippen LogP contribution in [0.15, 0.2) is 11.6 Å². The maximum atomic E-state index is 3.49. The van der Waals surface area contributed by atoms with E-state index in [9.17, 15) is 0 Å². The lowest BCUT2D eigenvalue weighted by Crippen LogP contribution is -2.45. The Labute approximate surface area is 98.7 Å². The number of rotatable bonds is 1. The van der Waals surface area contributed by atoms with E-state index in [1.807, 2.05) is 0 Å². The van der Waals surface area contributed by atoms with E-state index in [0.717, 1.165) is 17.8 Å². The normalized spacial score (nSPS) is 52.8. The first kappa shape index (κ1) is 9.70. The fourth-order valence-electron chi connectivity index (χ4n) is 5.50. The van der Waals surface area contributed by atoms with E-state index in [2.05, 4.69) is 11.4 Å². The molecule has 1 saturated heterocycles. The molecule has 0 amide bonds. The topological polar surface area (TPSA) is 12.0 Å². The first-order chi connectivity index (χ1) is 7.81. The van der Waals surface area contributed by atoms with E-state index in [4.69, 9.17) is 0 Å². The van der Waals surface area contributed by atoms with Gasteiger partial charge in [-0.1, -0.05) is 11.6 Å². The van der Waals surface area contributed by atoms with E-state index < -0.39 is 0 Å². The molecule has 4 bridgehead atoms. The van der Waals surface area contributed by atoms with E-state index in [1.165, 1.54) is 38.8 Å². The van der Waals surface area contributed by atoms with Gasteiger partial charge in [0.05, 0.1) is 0 Å². The summed E-state index contributed by atoms with van der Waals surface area (Å²) in [6.07, 6.45) is 13.4. The molecule has 1 aliphatic heterocycles. The summed E-state index contributed by atoms with van der Waals surface area (Å²) < 4.78 is 0. The first-order valence-electron chi connectivity index (χ1n) is 7.23. The molecule has 5 aliphatic rings. The van der Waals surface area contributed by atoms with Crippen molar-refractivity contribution in [2.75, 3.05) is 13.1 Å². The van der Waals surface area contributed by atoms with Crippen LogP contribution in [0, 0.1) is 23.2 Å². The molecular weight excluding hydrogens is 194 g/mol. The van der Waals surface area contributed by atoms with Crippen LogP contribution in [0.5, 0.6) is 0 Å². The van der Waals surface area contributed by atoms with Gasteiger partial charge in [0.2, 0.25) is 0 Å². The van der Waals surface area contributed by atoms with E-state index >= 15 is 0 Å². The zero-order chi connectivity index (χ0) is 10.6. The van der Waals surface area contributed by atoms with Crippen LogP contribution < -0.4 is 5.32 Å². The van der Waals surface area contributed by atoms with Gasteiger partial charge >= 0.3 is 0 Å². The van der Waals surface area contributed by atoms with Gasteiger partial charge in [-0.2, -0.15) is 0 Å². The molecule has 0 radical (unpaired) electrons. The zero-order valence-electron chi connectivity index (χ0n) is 10.2. The minimum absolute atomic E-state index is 0.663. The van der Waals surface area contributed by atoms with Crippen molar-refractivity contribution in [3.8, 4) is 0 Å². The monoisotopic (exact) mass is 217 g/mol. The third kappa shape index (κ3) is 1.48. The van der Waals surface area contributed by atoms with E-state index in [-0.39, 0.29) is 0 Å². The van der Waals surface area contributed by atoms with Crippen molar-refractivity contribution in [1.29, 1.82) is 0 Å². The van der Waals surface area contributed by atoms with Crippen LogP contribution in [-0.4, -0.2) is 13.1 Å². The van der Waals surface area contributed by atoms with Gasteiger partial charge in [-0.3, -0.25) is 0 Å². The standard InChI is InChI=1S/C15H23N/c1-2-16-10-11(1)6-15-7-12-3-13(8-15)5-14(4-12)9-15/h6,12-14,16H,1-5,7-10H2/b11-6+. The molecule has 0 spiro atoms. The summed E-state index contributed by atoms with van der Waals surface area (Å²) in [5.41, 5.74) is 2.39. The van der Waals surface area contributed by atoms with Crippen LogP contribution in [0.4, 0.5) is 0 Å². The average molecular weight is 217 g/mol. The molecule has 0 atom stereocenters. The Kier molecular flexibility index (Phi) is 2.03. The Morgan fingerprint density at radius 1 is 1.00 bits per heavy atom. The predicted octanol–water partition coefficient (Wildman–Crippen LogP) is 3.12. The second-order valence-electron chi connectivity index (χ2n) is 7.01. The van der Waals surface area contributed by atoms with Crippen molar-refractivity contribution in [3.05, 3.63) is 11.6 Å². The van der Waals surface area contributed by atoms with E-state index in [1.54, 1.807) is 24.8 Å². The van der Waals surface area contributed by atoms with Crippen molar-refractivity contribution in [2.24, 2.45) is 23.2 Å². The van der Waals surface area contributed by atoms with Crippen molar-refractivity contribution < 1.29 is 0 Å². The molecule has 1 heterocycles. The van der Waals surface area contributed by atoms with Gasteiger partial charge in [0.15, 0.2) is 0 Å². The second kappa shape index (κ2) is 3.35. The number of hydrogen-bond acceptors (Lipinski definition) is 1. The third-order valence-electron chi connectivity index (χ3n) is 5.57. The molecule has 0 unspecified atom stereocenters. The Morgan fingerprint density at radius 2 is 1.62 bits per heavy atom. The maximum absolute atomic E-state index is 3.49. The molecule has 1 heteroatoms. The van der Waals surface area contributed by atoms with Gasteiger partial charge in [0.25, 0.3) is 0 Å². The first-order valence-corrected chi connectivity index (χ1v) is 7.23. The minimum Gasteiger partial charge on any atom is -0.313 e. The van der Waals surface area contributed by atoms with Crippen molar-refractivity contribution in [1.82, 2.24) is 5.32 Å². The Hall–Kier alpha value is -0.300. The van der Waals surface area contributed by atoms with Gasteiger partial charge in [0, 0.05) is 6.54 Å². The lowest BCUT2D eigenvalue weighted by Gasteiger charge is -2.56. The summed E-state index contributed by atoms with van der Waals surface area (Å²) in [5.74, 6) is 3.28. The van der Waals surface area contributed by atoms with Gasteiger partial charge < -0.3 is 5.32 Å². The number of hydrogen-bond donors (Lipinski definition) is 1. The smallest absolute Gasteiger partial charge is 0.0165 e. The fraction of sp³-hybridized carbons (Fsp3) is 0.867. The summed E-state index contributed by atoms with van der Waals surface area (Å²) in [4.78, 5) is 0. The van der Waals surface area contributed by atoms with Gasteiger partial charge in [0.1, 0.15) is 0 Å². The quantitative estimate of drug-likeness (QED) is 0.665. The minimum atomic E-state index is 0.663. The Balaban J connectivity index is 1.63. The molecule has 0 aromatic heterocycles. The summed E-state index contributed by atoms with van der Waals surface area (Å²) in [6, 6.07) is 0. The molecule has 88 valence electrons. The molecule has 16 heavy (non-hydrogen) atoms. The van der Waals surface area contributed by atoms with Crippen LogP contribution in [0.3, 0.4) is 0 Å². The average Bonchev–Trinajstić information content (AvgIpc) is 2.66. The molecule has 0 aromatic carbocycles. The van der Waals surface area contributed by atoms with Crippen LogP contribution in [0.1, 0.15) is 44.9 Å². The highest BCUT2D eigenvalue weighted by Crippen LogP contribution is 2.60. The second-order valence-corrected chi connectivity index (χ2v) is 7.01. The van der Waals surface area contributed by atoms with Gasteiger partial charge in [-0.15, -0.1) is 0 Å². The summed E-state index contributed by atoms with van der Waals surface area (Å²) in [6.45, 7) is 2.40. The molecule has 0 aromatic rings. The number of nitrogens with one attached hydrogen (secondary N) is 1. The van der Waals surface area contributed by atoms with Crippen LogP contribution in [0.2, 0.25) is 0 Å².